The summed E-state index contributed by atoms with van der Waals surface area (Å²) in [4.78, 5) is 0. The Morgan fingerprint density at radius 2 is 0.695 bits per heavy atom. The second kappa shape index (κ2) is 21.2. The molecule has 0 fully saturated rings. The number of fused-ring (bicyclic) bond motifs is 6. The third-order valence-electron chi connectivity index (χ3n) is 17.5. The number of aromatic nitrogens is 4. The van der Waals surface area contributed by atoms with Gasteiger partial charge in [0.05, 0.1) is 10.8 Å². The minimum absolute atomic E-state index is 0. The van der Waals surface area contributed by atoms with Crippen LogP contribution in [0.4, 0.5) is 11.4 Å². The van der Waals surface area contributed by atoms with Gasteiger partial charge in [0.15, 0.2) is 14.1 Å². The zero-order valence-corrected chi connectivity index (χ0v) is 55.5. The summed E-state index contributed by atoms with van der Waals surface area (Å²) in [6, 6.07) is 59.7. The van der Waals surface area contributed by atoms with Crippen LogP contribution in [-0.4, -0.2) is 54.6 Å². The van der Waals surface area contributed by atoms with E-state index in [1.54, 1.807) is 0 Å². The average molecular weight is 1440 g/mol. The fourth-order valence-corrected chi connectivity index (χ4v) is 12.3. The largest absolute Gasteiger partial charge is 2.00 e. The van der Waals surface area contributed by atoms with E-state index in [0.717, 1.165) is 45.3 Å². The molecule has 8 nitrogen and oxygen atoms in total. The Morgan fingerprint density at radius 1 is 0.402 bits per heavy atom. The molecule has 4 aliphatic rings. The minimum atomic E-state index is -0.655. The Bertz CT molecular complexity index is 3680. The van der Waals surface area contributed by atoms with E-state index in [2.05, 4.69) is 276 Å². The molecule has 0 amide bonds. The van der Waals surface area contributed by atoms with Crippen LogP contribution in [0, 0.1) is 12.1 Å². The molecule has 2 aromatic heterocycles. The second-order valence-corrected chi connectivity index (χ2v) is 26.6. The Labute approximate surface area is 515 Å². The number of benzene rings is 6. The topological polar surface area (TPSA) is 66.0 Å². The molecule has 8 aromatic rings. The van der Waals surface area contributed by atoms with Gasteiger partial charge in [-0.15, -0.1) is 23.3 Å². The maximum absolute atomic E-state index is 4.78. The molecule has 0 unspecified atom stereocenters. The molecule has 0 N–H and O–H groups in total. The van der Waals surface area contributed by atoms with Gasteiger partial charge in [-0.3, -0.25) is 0 Å². The van der Waals surface area contributed by atoms with Crippen molar-refractivity contribution in [3.8, 4) is 22.3 Å². The Balaban J connectivity index is 0.000000193. The molecule has 0 bridgehead atoms. The monoisotopic (exact) mass is 1440 g/mol. The predicted molar refractivity (Wildman–Crippen MR) is 321 cm³/mol. The number of allylic oxidation sites excluding steroid dienone is 4. The van der Waals surface area contributed by atoms with Crippen LogP contribution in [0.3, 0.4) is 0 Å². The molecule has 2 aliphatic heterocycles. The third-order valence-corrected chi connectivity index (χ3v) is 17.5. The van der Waals surface area contributed by atoms with Crippen LogP contribution < -0.4 is 10.2 Å². The number of rotatable bonds is 6. The van der Waals surface area contributed by atoms with Gasteiger partial charge in [0, 0.05) is 39.1 Å². The summed E-state index contributed by atoms with van der Waals surface area (Å²) in [5.74, 6) is 0. The van der Waals surface area contributed by atoms with Crippen molar-refractivity contribution in [2.45, 2.75) is 143 Å². The summed E-state index contributed by atoms with van der Waals surface area (Å²) in [7, 11) is 4.07. The second-order valence-electron chi connectivity index (χ2n) is 26.6. The first-order chi connectivity index (χ1) is 37.7. The Hall–Kier alpha value is -6.64. The van der Waals surface area contributed by atoms with E-state index in [4.69, 9.17) is 10.2 Å². The van der Waals surface area contributed by atoms with Crippen LogP contribution in [0.25, 0.3) is 22.3 Å². The van der Waals surface area contributed by atoms with Gasteiger partial charge in [-0.1, -0.05) is 198 Å². The molecule has 12 rings (SSSR count). The summed E-state index contributed by atoms with van der Waals surface area (Å²) in [6.07, 6.45) is 3.63. The molecule has 2 aliphatic carbocycles. The molecule has 6 aromatic carbocycles. The van der Waals surface area contributed by atoms with Crippen LogP contribution in [0.5, 0.6) is 0 Å². The van der Waals surface area contributed by atoms with E-state index in [9.17, 15) is 0 Å². The Kier molecular flexibility index (Phi) is 15.5. The van der Waals surface area contributed by atoms with Gasteiger partial charge in [-0.05, 0) is 88.4 Å². The van der Waals surface area contributed by atoms with E-state index in [1.807, 2.05) is 35.6 Å². The maximum atomic E-state index is 4.78. The summed E-state index contributed by atoms with van der Waals surface area (Å²) >= 11 is 0. The van der Waals surface area contributed by atoms with Gasteiger partial charge in [0.2, 0.25) is 0 Å². The van der Waals surface area contributed by atoms with Crippen molar-refractivity contribution in [1.29, 1.82) is 0 Å². The Morgan fingerprint density at radius 3 is 0.927 bits per heavy atom. The summed E-state index contributed by atoms with van der Waals surface area (Å²) in [6.45, 7) is 35.8. The zero-order chi connectivity index (χ0) is 57.2. The molecule has 0 saturated heterocycles. The quantitative estimate of drug-likeness (QED) is 0.123. The van der Waals surface area contributed by atoms with E-state index in [0.29, 0.717) is 0 Å². The molecular formula is C72H76N8Pt2+4. The first kappa shape index (κ1) is 60.0. The van der Waals surface area contributed by atoms with Crippen LogP contribution in [-0.2, 0) is 74.6 Å². The van der Waals surface area contributed by atoms with Crippen molar-refractivity contribution >= 4 is 23.4 Å². The fraction of sp³-hybridized carbons (Fsp3) is 0.333. The molecule has 4 heterocycles. The standard InChI is InChI=1S/2C36H38N4.2Pt/c2*1-23-24(2)40(22-39(23)9)28-12-10-11-27(19-28)36(33-17-18-37-38-33)31-20-25(34(3,4)5)13-15-29(31)30-16-14-26(21-32(30)36)35(6,7)8;;/h2*10-18,20-21H,1-9H3;;/q;;2*+2. The number of nitrogens with zero attached hydrogens (tertiary/aromatic N) is 8. The molecule has 0 radical (unpaired) electrons. The van der Waals surface area contributed by atoms with Crippen molar-refractivity contribution in [1.82, 2.24) is 20.4 Å². The van der Waals surface area contributed by atoms with Gasteiger partial charge < -0.3 is 20.4 Å². The molecule has 82 heavy (non-hydrogen) atoms. The third kappa shape index (κ3) is 9.66. The van der Waals surface area contributed by atoms with Gasteiger partial charge >= 0.3 is 54.1 Å². The van der Waals surface area contributed by atoms with Crippen LogP contribution >= 0.6 is 0 Å². The molecule has 10 heteroatoms. The van der Waals surface area contributed by atoms with E-state index >= 15 is 0 Å². The van der Waals surface area contributed by atoms with Crippen molar-refractivity contribution in [3.63, 3.8) is 0 Å². The fourth-order valence-electron chi connectivity index (χ4n) is 12.3. The van der Waals surface area contributed by atoms with Crippen LogP contribution in [0.2, 0.25) is 0 Å². The smallest absolute Gasteiger partial charge is 0.581 e. The zero-order valence-electron chi connectivity index (χ0n) is 50.9. The first-order valence-electron chi connectivity index (χ1n) is 28.2. The van der Waals surface area contributed by atoms with Crippen molar-refractivity contribution in [2.24, 2.45) is 0 Å². The van der Waals surface area contributed by atoms with Crippen LogP contribution in [0.15, 0.2) is 157 Å². The maximum Gasteiger partial charge on any atom is 2.00 e. The number of hydrogen-bond donors (Lipinski definition) is 0. The number of hydrogen-bond acceptors (Lipinski definition) is 2. The van der Waals surface area contributed by atoms with Crippen molar-refractivity contribution in [3.05, 3.63) is 236 Å². The molecular weight excluding hydrogens is 1370 g/mol. The first-order valence-corrected chi connectivity index (χ1v) is 28.2. The van der Waals surface area contributed by atoms with Gasteiger partial charge in [-0.2, -0.15) is 36.7 Å². The van der Waals surface area contributed by atoms with E-state index in [-0.39, 0.29) is 63.8 Å². The van der Waals surface area contributed by atoms with E-state index in [1.165, 1.54) is 78.2 Å². The molecule has 0 spiro atoms. The van der Waals surface area contributed by atoms with Gasteiger partial charge in [0.1, 0.15) is 11.4 Å². The van der Waals surface area contributed by atoms with E-state index < -0.39 is 10.8 Å². The van der Waals surface area contributed by atoms with Crippen LogP contribution in [0.1, 0.15) is 178 Å². The minimum Gasteiger partial charge on any atom is -0.581 e. The molecule has 0 atom stereocenters. The molecule has 0 saturated carbocycles. The summed E-state index contributed by atoms with van der Waals surface area (Å²) in [5.41, 5.74) is 24.4. The summed E-state index contributed by atoms with van der Waals surface area (Å²) < 4.78 is 8.30. The van der Waals surface area contributed by atoms with Gasteiger partial charge in [-0.25, -0.2) is 0 Å². The SMILES string of the molecule is CC1=C(C)[N+](c2[c-]c(C3(c4cc[n-]n4)c4cc(C(C)(C)C)ccc4-c4ccc(C(C)(C)C)cc43)ccc2)=C=[N+]1C.CC1=C(C)[N+](c2[c-]c(C3(c4cc[n-]n4)c4cc(C(C)(C)C)ccc4-c4ccc(C(C)(C)C)cc43)ccc2)=C=[N+]1C.[Pt+2].[Pt+2]. The summed E-state index contributed by atoms with van der Waals surface area (Å²) in [5, 5.41) is 18.3. The average Bonchev–Trinajstić information content (AvgIpc) is 2.39. The molecule has 420 valence electrons. The van der Waals surface area contributed by atoms with Crippen molar-refractivity contribution in [2.75, 3.05) is 14.1 Å². The normalized spacial score (nSPS) is 15.7. The predicted octanol–water partition coefficient (Wildman–Crippen LogP) is 15.0. The van der Waals surface area contributed by atoms with Gasteiger partial charge in [0.25, 0.3) is 22.8 Å². The van der Waals surface area contributed by atoms with Crippen molar-refractivity contribution < 1.29 is 60.4 Å².